The third-order valence-electron chi connectivity index (χ3n) is 3.23. The van der Waals surface area contributed by atoms with E-state index >= 15 is 0 Å². The minimum Gasteiger partial charge on any atom is -0.444 e. The molecule has 24 heavy (non-hydrogen) atoms. The van der Waals surface area contributed by atoms with Crippen molar-refractivity contribution in [1.82, 2.24) is 15.3 Å². The molecule has 0 saturated heterocycles. The van der Waals surface area contributed by atoms with Crippen LogP contribution in [0.25, 0.3) is 11.0 Å². The number of anilines is 1. The zero-order valence-corrected chi connectivity index (χ0v) is 13.9. The van der Waals surface area contributed by atoms with Gasteiger partial charge in [-0.05, 0) is 32.9 Å². The summed E-state index contributed by atoms with van der Waals surface area (Å²) in [4.78, 5) is 19.9. The minimum absolute atomic E-state index is 0.202. The second-order valence-corrected chi connectivity index (χ2v) is 6.39. The number of aliphatic hydroxyl groups excluding tert-OH is 2. The van der Waals surface area contributed by atoms with Crippen molar-refractivity contribution in [2.75, 3.05) is 12.3 Å². The van der Waals surface area contributed by atoms with Gasteiger partial charge in [-0.1, -0.05) is 0 Å². The predicted octanol–water partition coefficient (Wildman–Crippen LogP) is 1.13. The van der Waals surface area contributed by atoms with Crippen LogP contribution < -0.4 is 11.1 Å². The molecule has 0 aliphatic heterocycles. The number of benzene rings is 1. The van der Waals surface area contributed by atoms with Crippen LogP contribution in [0.1, 0.15) is 32.4 Å². The Hall–Kier alpha value is -2.45. The van der Waals surface area contributed by atoms with Gasteiger partial charge in [0.25, 0.3) is 0 Å². The third-order valence-corrected chi connectivity index (χ3v) is 3.23. The van der Waals surface area contributed by atoms with E-state index < -0.39 is 23.9 Å². The molecule has 0 fully saturated rings. The van der Waals surface area contributed by atoms with Crippen LogP contribution in [0.15, 0.2) is 24.5 Å². The minimum atomic E-state index is -1.33. The number of ether oxygens (including phenoxy) is 1. The van der Waals surface area contributed by atoms with E-state index in [1.807, 2.05) is 0 Å². The van der Waals surface area contributed by atoms with Crippen molar-refractivity contribution in [3.8, 4) is 0 Å². The molecule has 0 bridgehead atoms. The van der Waals surface area contributed by atoms with E-state index in [2.05, 4.69) is 15.3 Å². The van der Waals surface area contributed by atoms with Gasteiger partial charge in [-0.3, -0.25) is 9.97 Å². The molecule has 0 spiro atoms. The van der Waals surface area contributed by atoms with Crippen LogP contribution in [0, 0.1) is 0 Å². The van der Waals surface area contributed by atoms with Crippen LogP contribution in [-0.2, 0) is 4.74 Å². The molecule has 0 radical (unpaired) electrons. The average molecular weight is 334 g/mol. The van der Waals surface area contributed by atoms with Gasteiger partial charge in [-0.2, -0.15) is 0 Å². The molecule has 2 rings (SSSR count). The maximum atomic E-state index is 11.6. The molecule has 1 amide bonds. The lowest BCUT2D eigenvalue weighted by molar-refractivity contribution is 0.0139. The number of amides is 1. The fourth-order valence-electron chi connectivity index (χ4n) is 2.19. The first-order chi connectivity index (χ1) is 11.2. The van der Waals surface area contributed by atoms with Crippen LogP contribution in [0.4, 0.5) is 10.5 Å². The number of nitrogen functional groups attached to an aromatic ring is 1. The Labute approximate surface area is 139 Å². The van der Waals surface area contributed by atoms with Crippen LogP contribution >= 0.6 is 0 Å². The summed E-state index contributed by atoms with van der Waals surface area (Å²) in [7, 11) is 0. The summed E-state index contributed by atoms with van der Waals surface area (Å²) in [6.07, 6.45) is -0.300. The molecule has 2 atom stereocenters. The monoisotopic (exact) mass is 334 g/mol. The first kappa shape index (κ1) is 17.9. The molecule has 5 N–H and O–H groups in total. The summed E-state index contributed by atoms with van der Waals surface area (Å²) in [6.45, 7) is 4.99. The summed E-state index contributed by atoms with van der Waals surface area (Å²) in [6, 6.07) is 3.27. The third kappa shape index (κ3) is 4.30. The van der Waals surface area contributed by atoms with Crippen molar-refractivity contribution in [3.63, 3.8) is 0 Å². The molecular formula is C16H22N4O4. The highest BCUT2D eigenvalue weighted by Gasteiger charge is 2.25. The van der Waals surface area contributed by atoms with Crippen LogP contribution in [0.3, 0.4) is 0 Å². The van der Waals surface area contributed by atoms with Gasteiger partial charge in [0.05, 0.1) is 11.0 Å². The highest BCUT2D eigenvalue weighted by molar-refractivity contribution is 5.83. The molecule has 0 aliphatic rings. The maximum absolute atomic E-state index is 11.6. The molecule has 1 aromatic carbocycles. The topological polar surface area (TPSA) is 131 Å². The molecule has 130 valence electrons. The number of hydrogen-bond donors (Lipinski definition) is 4. The normalized spacial score (nSPS) is 14.2. The van der Waals surface area contributed by atoms with Crippen LogP contribution in [-0.4, -0.2) is 44.5 Å². The Morgan fingerprint density at radius 1 is 1.29 bits per heavy atom. The Balaban J connectivity index is 2.13. The van der Waals surface area contributed by atoms with E-state index in [4.69, 9.17) is 10.5 Å². The Morgan fingerprint density at radius 3 is 2.62 bits per heavy atom. The second-order valence-electron chi connectivity index (χ2n) is 6.39. The van der Waals surface area contributed by atoms with E-state index in [1.54, 1.807) is 32.9 Å². The number of aromatic nitrogens is 2. The van der Waals surface area contributed by atoms with Gasteiger partial charge in [-0.15, -0.1) is 0 Å². The molecule has 0 aliphatic carbocycles. The standard InChI is InChI=1S/C16H22N4O4/c1-16(2,3)24-15(23)20-8-11(21)14(22)12-9(17)4-5-10-13(12)19-7-6-18-10/h4-7,11,14,21-22H,8,17H2,1-3H3,(H,20,23). The average Bonchev–Trinajstić information content (AvgIpc) is 2.50. The van der Waals surface area contributed by atoms with Crippen molar-refractivity contribution >= 4 is 22.8 Å². The lowest BCUT2D eigenvalue weighted by atomic mass is 10.0. The molecule has 1 aromatic heterocycles. The maximum Gasteiger partial charge on any atom is 0.407 e. The van der Waals surface area contributed by atoms with Crippen LogP contribution in [0.5, 0.6) is 0 Å². The Kier molecular flexibility index (Phi) is 5.20. The lowest BCUT2D eigenvalue weighted by Gasteiger charge is -2.23. The number of aliphatic hydroxyl groups is 2. The van der Waals surface area contributed by atoms with Gasteiger partial charge < -0.3 is 26.0 Å². The molecule has 2 unspecified atom stereocenters. The molecule has 2 aromatic rings. The first-order valence-electron chi connectivity index (χ1n) is 7.51. The summed E-state index contributed by atoms with van der Waals surface area (Å²) >= 11 is 0. The van der Waals surface area contributed by atoms with E-state index in [1.165, 1.54) is 12.4 Å². The van der Waals surface area contributed by atoms with E-state index in [9.17, 15) is 15.0 Å². The number of fused-ring (bicyclic) bond motifs is 1. The number of nitrogens with two attached hydrogens (primary N) is 1. The number of nitrogens with zero attached hydrogens (tertiary/aromatic N) is 2. The zero-order valence-electron chi connectivity index (χ0n) is 13.9. The highest BCUT2D eigenvalue weighted by atomic mass is 16.6. The number of rotatable bonds is 4. The fourth-order valence-corrected chi connectivity index (χ4v) is 2.19. The molecule has 8 heteroatoms. The highest BCUT2D eigenvalue weighted by Crippen LogP contribution is 2.29. The number of carbonyl (C=O) groups is 1. The lowest BCUT2D eigenvalue weighted by Crippen LogP contribution is -2.39. The number of nitrogens with one attached hydrogen (secondary N) is 1. The number of carbonyl (C=O) groups excluding carboxylic acids is 1. The van der Waals surface area contributed by atoms with Gasteiger partial charge in [0.15, 0.2) is 0 Å². The number of alkyl carbamates (subject to hydrolysis) is 1. The number of hydrogen-bond acceptors (Lipinski definition) is 7. The van der Waals surface area contributed by atoms with Crippen molar-refractivity contribution in [2.45, 2.75) is 38.6 Å². The van der Waals surface area contributed by atoms with Gasteiger partial charge in [-0.25, -0.2) is 4.79 Å². The predicted molar refractivity (Wildman–Crippen MR) is 89.2 cm³/mol. The Morgan fingerprint density at radius 2 is 1.96 bits per heavy atom. The van der Waals surface area contributed by atoms with Crippen molar-refractivity contribution < 1.29 is 19.7 Å². The van der Waals surface area contributed by atoms with Gasteiger partial charge in [0, 0.05) is 30.2 Å². The summed E-state index contributed by atoms with van der Waals surface area (Å²) in [5.74, 6) is 0. The molecule has 8 nitrogen and oxygen atoms in total. The van der Waals surface area contributed by atoms with Gasteiger partial charge in [0.1, 0.15) is 17.8 Å². The van der Waals surface area contributed by atoms with E-state index in [0.717, 1.165) is 0 Å². The fraction of sp³-hybridized carbons (Fsp3) is 0.438. The zero-order chi connectivity index (χ0) is 17.9. The van der Waals surface area contributed by atoms with Gasteiger partial charge >= 0.3 is 6.09 Å². The summed E-state index contributed by atoms with van der Waals surface area (Å²) < 4.78 is 5.08. The molecule has 0 saturated carbocycles. The first-order valence-corrected chi connectivity index (χ1v) is 7.51. The SMILES string of the molecule is CC(C)(C)OC(=O)NCC(O)C(O)c1c(N)ccc2nccnc12. The van der Waals surface area contributed by atoms with Crippen molar-refractivity contribution in [1.29, 1.82) is 0 Å². The van der Waals surface area contributed by atoms with Crippen molar-refractivity contribution in [2.24, 2.45) is 0 Å². The van der Waals surface area contributed by atoms with Crippen LogP contribution in [0.2, 0.25) is 0 Å². The summed E-state index contributed by atoms with van der Waals surface area (Å²) in [5, 5.41) is 23.0. The van der Waals surface area contributed by atoms with Gasteiger partial charge in [0.2, 0.25) is 0 Å². The summed E-state index contributed by atoms with van der Waals surface area (Å²) in [5.41, 5.74) is 6.78. The van der Waals surface area contributed by atoms with E-state index in [-0.39, 0.29) is 17.8 Å². The van der Waals surface area contributed by atoms with E-state index in [0.29, 0.717) is 11.0 Å². The quantitative estimate of drug-likeness (QED) is 0.616. The molecule has 1 heterocycles. The smallest absolute Gasteiger partial charge is 0.407 e. The van der Waals surface area contributed by atoms with Crippen molar-refractivity contribution in [3.05, 3.63) is 30.1 Å². The largest absolute Gasteiger partial charge is 0.444 e. The molecular weight excluding hydrogens is 312 g/mol. The second kappa shape index (κ2) is 6.98. The Bertz CT molecular complexity index is 730.